The molecule has 0 saturated heterocycles. The number of rotatable bonds is 1. The van der Waals surface area contributed by atoms with E-state index < -0.39 is 19.8 Å². The topological polar surface area (TPSA) is 63.6 Å². The van der Waals surface area contributed by atoms with Crippen molar-refractivity contribution in [3.63, 3.8) is 0 Å². The fourth-order valence-electron chi connectivity index (χ4n) is 1.79. The van der Waals surface area contributed by atoms with Crippen molar-refractivity contribution in [1.82, 2.24) is 0 Å². The summed E-state index contributed by atoms with van der Waals surface area (Å²) in [5, 5.41) is 8.94. The van der Waals surface area contributed by atoms with Gasteiger partial charge in [0, 0.05) is 0 Å². The quantitative estimate of drug-likeness (QED) is 0.682. The van der Waals surface area contributed by atoms with Crippen LogP contribution in [0.15, 0.2) is 42.5 Å². The summed E-state index contributed by atoms with van der Waals surface area (Å²) in [6.07, 6.45) is 0. The van der Waals surface area contributed by atoms with Gasteiger partial charge in [-0.25, -0.2) is 0 Å². The molecule has 1 unspecified atom stereocenters. The maximum atomic E-state index is 12.4. The van der Waals surface area contributed by atoms with Gasteiger partial charge in [0.25, 0.3) is 0 Å². The predicted molar refractivity (Wildman–Crippen MR) is 65.6 cm³/mol. The third-order valence-electron chi connectivity index (χ3n) is 2.66. The van der Waals surface area contributed by atoms with E-state index in [4.69, 9.17) is 9.84 Å². The van der Waals surface area contributed by atoms with E-state index in [-0.39, 0.29) is 5.56 Å². The summed E-state index contributed by atoms with van der Waals surface area (Å²) in [6, 6.07) is 11.6. The molecule has 0 spiro atoms. The average molecular weight is 307 g/mol. The summed E-state index contributed by atoms with van der Waals surface area (Å²) in [7, 11) is 0. The Labute approximate surface area is 107 Å². The summed E-state index contributed by atoms with van der Waals surface area (Å²) in [5.74, 6) is 0.0437. The Morgan fingerprint density at radius 1 is 1.06 bits per heavy atom. The van der Waals surface area contributed by atoms with Crippen molar-refractivity contribution < 1.29 is 18.5 Å². The molecule has 0 amide bonds. The number of para-hydroxylation sites is 1. The molecule has 1 N–H and O–H groups in total. The summed E-state index contributed by atoms with van der Waals surface area (Å²) >= 11 is -2.45. The van der Waals surface area contributed by atoms with E-state index in [2.05, 4.69) is 0 Å². The molecule has 3 rings (SSSR count). The van der Waals surface area contributed by atoms with Gasteiger partial charge in [-0.2, -0.15) is 0 Å². The first-order valence-electron chi connectivity index (χ1n) is 5.23. The molecule has 2 aromatic rings. The number of hydrogen-bond acceptors (Lipinski definition) is 3. The number of aromatic carboxylic acids is 1. The van der Waals surface area contributed by atoms with Crippen molar-refractivity contribution in [3.8, 4) is 11.5 Å². The molecule has 0 bridgehead atoms. The molecule has 0 aliphatic carbocycles. The van der Waals surface area contributed by atoms with E-state index >= 15 is 0 Å². The summed E-state index contributed by atoms with van der Waals surface area (Å²) < 4.78 is 19.2. The van der Waals surface area contributed by atoms with Gasteiger partial charge in [-0.3, -0.25) is 0 Å². The Balaban J connectivity index is 2.17. The molecule has 1 heterocycles. The molecule has 0 aromatic heterocycles. The van der Waals surface area contributed by atoms with Crippen molar-refractivity contribution >= 4 is 28.7 Å². The van der Waals surface area contributed by atoms with Gasteiger partial charge < -0.3 is 0 Å². The molecule has 18 heavy (non-hydrogen) atoms. The van der Waals surface area contributed by atoms with Crippen LogP contribution in [0.5, 0.6) is 11.5 Å². The number of carboxylic acids is 1. The van der Waals surface area contributed by atoms with E-state index in [1.165, 1.54) is 12.1 Å². The van der Waals surface area contributed by atoms with Crippen LogP contribution in [0.4, 0.5) is 0 Å². The van der Waals surface area contributed by atoms with Crippen molar-refractivity contribution in [2.45, 2.75) is 0 Å². The van der Waals surface area contributed by atoms with Crippen molar-refractivity contribution in [3.05, 3.63) is 48.0 Å². The van der Waals surface area contributed by atoms with Crippen LogP contribution in [-0.4, -0.2) is 24.9 Å². The van der Waals surface area contributed by atoms with Gasteiger partial charge in [0.05, 0.1) is 0 Å². The number of carboxylic acid groups (broad SMARTS) is 1. The number of benzene rings is 2. The van der Waals surface area contributed by atoms with E-state index in [9.17, 15) is 8.63 Å². The van der Waals surface area contributed by atoms with E-state index in [0.29, 0.717) is 20.4 Å². The zero-order valence-corrected chi connectivity index (χ0v) is 10.8. The molecular weight excluding hydrogens is 299 g/mol. The van der Waals surface area contributed by atoms with Crippen molar-refractivity contribution in [1.29, 1.82) is 0 Å². The Kier molecular flexibility index (Phi) is 2.51. The van der Waals surface area contributed by atoms with Crippen LogP contribution in [0.3, 0.4) is 0 Å². The second-order valence-corrected chi connectivity index (χ2v) is 6.76. The summed E-state index contributed by atoms with van der Waals surface area (Å²) in [4.78, 5) is 10.9. The minimum absolute atomic E-state index is 0.126. The molecule has 1 aliphatic heterocycles. The molecule has 1 aliphatic rings. The fourth-order valence-corrected chi connectivity index (χ4v) is 4.43. The summed E-state index contributed by atoms with van der Waals surface area (Å²) in [5.41, 5.74) is 0.126. The van der Waals surface area contributed by atoms with Crippen molar-refractivity contribution in [2.75, 3.05) is 0 Å². The first-order chi connectivity index (χ1) is 8.66. The number of fused-ring (bicyclic) bond motifs is 2. The number of hydrogen-bond donors (Lipinski definition) is 1. The van der Waals surface area contributed by atoms with Crippen LogP contribution >= 0.6 is 0 Å². The van der Waals surface area contributed by atoms with E-state index in [0.717, 1.165) is 0 Å². The molecule has 2 aromatic carbocycles. The van der Waals surface area contributed by atoms with Gasteiger partial charge >= 0.3 is 107 Å². The molecule has 0 radical (unpaired) electrons. The first-order valence-corrected chi connectivity index (χ1v) is 7.64. The van der Waals surface area contributed by atoms with Crippen LogP contribution in [0.2, 0.25) is 0 Å². The zero-order valence-electron chi connectivity index (χ0n) is 9.12. The number of ether oxygens (including phenoxy) is 1. The molecule has 5 heteroatoms. The van der Waals surface area contributed by atoms with Gasteiger partial charge in [-0.15, -0.1) is 0 Å². The monoisotopic (exact) mass is 308 g/mol. The molecule has 4 nitrogen and oxygen atoms in total. The molecular formula is C13H8O4Se. The third-order valence-corrected chi connectivity index (χ3v) is 5.71. The second kappa shape index (κ2) is 4.05. The minimum atomic E-state index is -2.45. The Morgan fingerprint density at radius 2 is 1.78 bits per heavy atom. The molecule has 0 fully saturated rings. The maximum absolute atomic E-state index is 12.4. The Hall–Kier alpha value is -1.97. The van der Waals surface area contributed by atoms with Gasteiger partial charge in [-0.1, -0.05) is 0 Å². The first kappa shape index (κ1) is 11.1. The zero-order chi connectivity index (χ0) is 12.7. The van der Waals surface area contributed by atoms with Crippen LogP contribution in [0.25, 0.3) is 0 Å². The van der Waals surface area contributed by atoms with Gasteiger partial charge in [0.15, 0.2) is 0 Å². The van der Waals surface area contributed by atoms with Gasteiger partial charge in [-0.05, 0) is 0 Å². The Bertz CT molecular complexity index is 678. The van der Waals surface area contributed by atoms with Crippen molar-refractivity contribution in [2.24, 2.45) is 0 Å². The predicted octanol–water partition coefficient (Wildman–Crippen LogP) is 1.03. The fraction of sp³-hybridized carbons (Fsp3) is 0. The van der Waals surface area contributed by atoms with Crippen LogP contribution in [0, 0.1) is 0 Å². The molecule has 0 saturated carbocycles. The SMILES string of the molecule is O=C(O)c1ccc2c(c1)[Se](=O)c1ccccc1O2. The van der Waals surface area contributed by atoms with Gasteiger partial charge in [0.1, 0.15) is 0 Å². The standard InChI is InChI=1S/C13H8O4Se/c14-13(15)8-5-6-10-12(7-8)18(16)11-4-2-1-3-9(11)17-10/h1-7H,(H,14,15). The number of carbonyl (C=O) groups is 1. The summed E-state index contributed by atoms with van der Waals surface area (Å²) in [6.45, 7) is 0. The second-order valence-electron chi connectivity index (χ2n) is 3.78. The van der Waals surface area contributed by atoms with E-state index in [1.807, 2.05) is 6.07 Å². The Morgan fingerprint density at radius 3 is 2.56 bits per heavy atom. The van der Waals surface area contributed by atoms with E-state index in [1.54, 1.807) is 24.3 Å². The molecule has 90 valence electrons. The van der Waals surface area contributed by atoms with Gasteiger partial charge in [0.2, 0.25) is 0 Å². The molecule has 1 atom stereocenters. The third kappa shape index (κ3) is 1.65. The van der Waals surface area contributed by atoms with Crippen LogP contribution in [-0.2, 0) is 3.83 Å². The normalized spacial score (nSPS) is 16.3. The van der Waals surface area contributed by atoms with Crippen LogP contribution < -0.4 is 13.7 Å². The average Bonchev–Trinajstić information content (AvgIpc) is 2.38. The van der Waals surface area contributed by atoms with Crippen LogP contribution in [0.1, 0.15) is 10.4 Å².